The Bertz CT molecular complexity index is 957. The van der Waals surface area contributed by atoms with Gasteiger partial charge in [-0.2, -0.15) is 0 Å². The van der Waals surface area contributed by atoms with Crippen LogP contribution in [0.3, 0.4) is 0 Å². The molecule has 2 N–H and O–H groups in total. The number of aliphatic hydroxyl groups excluding tert-OH is 2. The molecule has 1 fully saturated rings. The molecule has 2 bridgehead atoms. The number of halogens is 1. The Labute approximate surface area is 204 Å². The molecule has 3 rings (SSSR count). The third-order valence-corrected chi connectivity index (χ3v) is 8.20. The first-order chi connectivity index (χ1) is 16.0. The van der Waals surface area contributed by atoms with Crippen LogP contribution in [0.25, 0.3) is 6.08 Å². The maximum Gasteiger partial charge on any atom is 0.309 e. The molecule has 6 nitrogen and oxygen atoms in total. The summed E-state index contributed by atoms with van der Waals surface area (Å²) < 4.78 is 19.5. The summed E-state index contributed by atoms with van der Waals surface area (Å²) in [6.07, 6.45) is 3.07. The molecule has 1 saturated carbocycles. The van der Waals surface area contributed by atoms with Gasteiger partial charge in [-0.1, -0.05) is 19.9 Å². The molecule has 0 saturated heterocycles. The van der Waals surface area contributed by atoms with E-state index in [0.29, 0.717) is 31.3 Å². The lowest BCUT2D eigenvalue weighted by Gasteiger charge is -2.45. The second-order valence-electron chi connectivity index (χ2n) is 10.0. The van der Waals surface area contributed by atoms with Crippen LogP contribution in [-0.2, 0) is 14.3 Å². The average molecular weight is 494 g/mol. The topological polar surface area (TPSA) is 96.7 Å². The van der Waals surface area contributed by atoms with Crippen molar-refractivity contribution in [3.63, 3.8) is 0 Å². The number of ether oxygens (including phenoxy) is 1. The first-order valence-corrected chi connectivity index (χ1v) is 12.9. The normalized spacial score (nSPS) is 35.8. The van der Waals surface area contributed by atoms with Gasteiger partial charge < -0.3 is 14.9 Å². The summed E-state index contributed by atoms with van der Waals surface area (Å²) in [6, 6.07) is 0. The molecular formula is C26H36FNO5S. The number of carbonyl (C=O) groups is 2. The largest absolute Gasteiger partial charge is 0.457 e. The standard InChI is InChI=1S/C26H36FNO5S/c1-15(10-20-14-34-17(3)28-20)21-9-8-18(13-27)6-5-7-19-12-26(4,22(29)11-23(30)33-21)25(32)16(2)24(19)31/h8,10,14,16,19,21-22,24,29,31H,5-7,9,11-13H2,1-4H3/b15-10+,18-8+/t16-,19-,21+,22+,24-,26-/m1/s1. The molecule has 1 aliphatic carbocycles. The van der Waals surface area contributed by atoms with Gasteiger partial charge in [0.25, 0.3) is 0 Å². The van der Waals surface area contributed by atoms with Crippen molar-refractivity contribution in [1.82, 2.24) is 4.98 Å². The first-order valence-electron chi connectivity index (χ1n) is 12.0. The number of carbonyl (C=O) groups excluding carboxylic acids is 2. The third kappa shape index (κ3) is 6.01. The van der Waals surface area contributed by atoms with E-state index in [2.05, 4.69) is 4.98 Å². The van der Waals surface area contributed by atoms with Gasteiger partial charge in [0.05, 0.1) is 34.7 Å². The zero-order valence-corrected chi connectivity index (χ0v) is 21.2. The summed E-state index contributed by atoms with van der Waals surface area (Å²) in [5.74, 6) is -1.69. The summed E-state index contributed by atoms with van der Waals surface area (Å²) in [7, 11) is 0. The van der Waals surface area contributed by atoms with Crippen molar-refractivity contribution in [2.24, 2.45) is 17.3 Å². The predicted octanol–water partition coefficient (Wildman–Crippen LogP) is 4.58. The number of aromatic nitrogens is 1. The van der Waals surface area contributed by atoms with Crippen molar-refractivity contribution in [2.75, 3.05) is 6.67 Å². The maximum atomic E-state index is 13.7. The zero-order valence-electron chi connectivity index (χ0n) is 20.4. The van der Waals surface area contributed by atoms with Crippen LogP contribution in [-0.4, -0.2) is 51.9 Å². The van der Waals surface area contributed by atoms with Crippen molar-refractivity contribution >= 4 is 29.2 Å². The maximum absolute atomic E-state index is 13.7. The fraction of sp³-hybridized carbons (Fsp3) is 0.654. The third-order valence-electron chi connectivity index (χ3n) is 7.41. The van der Waals surface area contributed by atoms with Gasteiger partial charge in [-0.15, -0.1) is 11.3 Å². The molecule has 0 spiro atoms. The first kappa shape index (κ1) is 26.7. The number of Topliss-reactive ketones (excluding diaryl/α,β-unsaturated/α-hetero) is 1. The van der Waals surface area contributed by atoms with E-state index in [0.717, 1.165) is 16.3 Å². The van der Waals surface area contributed by atoms with E-state index in [9.17, 15) is 24.2 Å². The Morgan fingerprint density at radius 2 is 2.12 bits per heavy atom. The van der Waals surface area contributed by atoms with Crippen LogP contribution in [0, 0.1) is 24.2 Å². The van der Waals surface area contributed by atoms with Crippen molar-refractivity contribution in [3.05, 3.63) is 33.3 Å². The number of rotatable bonds is 3. The summed E-state index contributed by atoms with van der Waals surface area (Å²) in [5, 5.41) is 24.5. The Kier molecular flexibility index (Phi) is 8.82. The molecular weight excluding hydrogens is 457 g/mol. The molecule has 34 heavy (non-hydrogen) atoms. The van der Waals surface area contributed by atoms with Gasteiger partial charge in [0.1, 0.15) is 18.6 Å². The van der Waals surface area contributed by atoms with E-state index >= 15 is 0 Å². The Balaban J connectivity index is 1.90. The summed E-state index contributed by atoms with van der Waals surface area (Å²) in [6.45, 7) is 6.51. The number of aliphatic hydroxyl groups is 2. The second-order valence-corrected chi connectivity index (χ2v) is 11.1. The highest BCUT2D eigenvalue weighted by molar-refractivity contribution is 7.09. The van der Waals surface area contributed by atoms with Gasteiger partial charge in [-0.3, -0.25) is 9.59 Å². The van der Waals surface area contributed by atoms with Crippen LogP contribution in [0.2, 0.25) is 0 Å². The molecule has 0 radical (unpaired) electrons. The number of nitrogens with zero attached hydrogens (tertiary/aromatic N) is 1. The smallest absolute Gasteiger partial charge is 0.309 e. The Hall–Kier alpha value is -1.90. The van der Waals surface area contributed by atoms with Crippen LogP contribution in [0.4, 0.5) is 4.39 Å². The number of alkyl halides is 1. The molecule has 1 aliphatic heterocycles. The minimum absolute atomic E-state index is 0.202. The van der Waals surface area contributed by atoms with Crippen molar-refractivity contribution in [3.8, 4) is 0 Å². The molecule has 2 heterocycles. The van der Waals surface area contributed by atoms with Gasteiger partial charge in [0.2, 0.25) is 0 Å². The lowest BCUT2D eigenvalue weighted by atomic mass is 9.60. The molecule has 8 heteroatoms. The Morgan fingerprint density at radius 3 is 2.76 bits per heavy atom. The molecule has 6 atom stereocenters. The number of cyclic esters (lactones) is 1. The highest BCUT2D eigenvalue weighted by atomic mass is 32.1. The van der Waals surface area contributed by atoms with Gasteiger partial charge in [0, 0.05) is 17.7 Å². The quantitative estimate of drug-likeness (QED) is 0.473. The molecule has 1 aromatic heterocycles. The molecule has 0 amide bonds. The number of ketones is 1. The number of aryl methyl sites for hydroxylation is 1. The SMILES string of the molecule is C/C(=C\c1csc(C)n1)[C@@H]1C/C=C(/CF)CCC[C@@H]2C[C@@](C)(C(=O)[C@H](C)[C@H]2O)[C@@H](O)CC(=O)O1. The predicted molar refractivity (Wildman–Crippen MR) is 130 cm³/mol. The van der Waals surface area contributed by atoms with E-state index < -0.39 is 42.3 Å². The lowest BCUT2D eigenvalue weighted by Crippen LogP contribution is -2.54. The van der Waals surface area contributed by atoms with E-state index in [4.69, 9.17) is 4.74 Å². The number of hydrogen-bond donors (Lipinski definition) is 2. The monoisotopic (exact) mass is 493 g/mol. The van der Waals surface area contributed by atoms with E-state index in [1.165, 1.54) is 11.3 Å². The number of fused-ring (bicyclic) bond motifs is 2. The minimum atomic E-state index is -1.21. The summed E-state index contributed by atoms with van der Waals surface area (Å²) in [4.78, 5) is 30.3. The van der Waals surface area contributed by atoms with Crippen molar-refractivity contribution < 1.29 is 28.9 Å². The molecule has 188 valence electrons. The fourth-order valence-corrected chi connectivity index (χ4v) is 5.77. The van der Waals surface area contributed by atoms with Crippen molar-refractivity contribution in [1.29, 1.82) is 0 Å². The van der Waals surface area contributed by atoms with Gasteiger partial charge >= 0.3 is 5.97 Å². The van der Waals surface area contributed by atoms with Gasteiger partial charge in [0.15, 0.2) is 0 Å². The van der Waals surface area contributed by atoms with Crippen LogP contribution >= 0.6 is 11.3 Å². The van der Waals surface area contributed by atoms with Gasteiger partial charge in [-0.25, -0.2) is 9.37 Å². The second kappa shape index (κ2) is 11.2. The van der Waals surface area contributed by atoms with Gasteiger partial charge in [-0.05, 0) is 62.7 Å². The van der Waals surface area contributed by atoms with E-state index in [1.807, 2.05) is 25.3 Å². The van der Waals surface area contributed by atoms with E-state index in [1.54, 1.807) is 19.9 Å². The number of hydrogen-bond acceptors (Lipinski definition) is 7. The molecule has 2 aliphatic rings. The fourth-order valence-electron chi connectivity index (χ4n) is 5.20. The number of esters is 1. The van der Waals surface area contributed by atoms with Crippen LogP contribution in [0.5, 0.6) is 0 Å². The average Bonchev–Trinajstić information content (AvgIpc) is 3.20. The highest BCUT2D eigenvalue weighted by Gasteiger charge is 2.51. The number of allylic oxidation sites excluding steroid dienone is 1. The van der Waals surface area contributed by atoms with E-state index in [-0.39, 0.29) is 24.5 Å². The minimum Gasteiger partial charge on any atom is -0.457 e. The molecule has 1 aromatic rings. The molecule has 0 unspecified atom stereocenters. The zero-order chi connectivity index (χ0) is 25.0. The summed E-state index contributed by atoms with van der Waals surface area (Å²) >= 11 is 1.52. The lowest BCUT2D eigenvalue weighted by molar-refractivity contribution is -0.161. The molecule has 0 aromatic carbocycles. The van der Waals surface area contributed by atoms with Crippen molar-refractivity contribution in [2.45, 2.75) is 84.5 Å². The number of thiazole rings is 1. The van der Waals surface area contributed by atoms with Crippen LogP contribution in [0.15, 0.2) is 22.6 Å². The Morgan fingerprint density at radius 1 is 1.38 bits per heavy atom. The summed E-state index contributed by atoms with van der Waals surface area (Å²) in [5.41, 5.74) is 1.02. The van der Waals surface area contributed by atoms with Crippen LogP contribution < -0.4 is 0 Å². The van der Waals surface area contributed by atoms with Crippen LogP contribution in [0.1, 0.15) is 70.0 Å². The highest BCUT2D eigenvalue weighted by Crippen LogP contribution is 2.44.